The fourth-order valence-corrected chi connectivity index (χ4v) is 1.83. The molecule has 0 aliphatic carbocycles. The van der Waals surface area contributed by atoms with Gasteiger partial charge in [-0.15, -0.1) is 0 Å². The lowest BCUT2D eigenvalue weighted by molar-refractivity contribution is -0.384. The van der Waals surface area contributed by atoms with Crippen LogP contribution in [0.25, 0.3) is 0 Å². The maximum atomic E-state index is 12.6. The summed E-state index contributed by atoms with van der Waals surface area (Å²) in [5, 5.41) is 10.6. The second-order valence-electron chi connectivity index (χ2n) is 5.67. The molecule has 0 fully saturated rings. The number of non-ortho nitro benzene ring substituents is 1. The van der Waals surface area contributed by atoms with Gasteiger partial charge in [0.15, 0.2) is 0 Å². The third kappa shape index (κ3) is 4.54. The largest absolute Gasteiger partial charge is 0.465 e. The smallest absolute Gasteiger partial charge is 0.325 e. The Morgan fingerprint density at radius 3 is 2.18 bits per heavy atom. The zero-order valence-corrected chi connectivity index (χ0v) is 13.2. The Balaban J connectivity index is 3.01. The molecule has 0 aliphatic rings. The van der Waals surface area contributed by atoms with Crippen molar-refractivity contribution in [2.24, 2.45) is 0 Å². The molecule has 1 rings (SSSR count). The van der Waals surface area contributed by atoms with Gasteiger partial charge in [-0.1, -0.05) is 0 Å². The van der Waals surface area contributed by atoms with Crippen molar-refractivity contribution in [3.8, 4) is 0 Å². The van der Waals surface area contributed by atoms with Crippen molar-refractivity contribution in [1.29, 1.82) is 0 Å². The number of amides is 1. The average Bonchev–Trinajstić information content (AvgIpc) is 2.43. The third-order valence-electron chi connectivity index (χ3n) is 2.97. The Labute approximate surface area is 129 Å². The Kier molecular flexibility index (Phi) is 5.62. The lowest BCUT2D eigenvalue weighted by Crippen LogP contribution is -2.48. The van der Waals surface area contributed by atoms with Crippen molar-refractivity contribution in [3.63, 3.8) is 0 Å². The maximum Gasteiger partial charge on any atom is 0.325 e. The second kappa shape index (κ2) is 7.02. The van der Waals surface area contributed by atoms with Gasteiger partial charge < -0.3 is 9.64 Å². The van der Waals surface area contributed by atoms with Crippen LogP contribution in [0.4, 0.5) is 5.69 Å². The Hall–Kier alpha value is -2.44. The number of benzene rings is 1. The first-order valence-electron chi connectivity index (χ1n) is 6.89. The summed E-state index contributed by atoms with van der Waals surface area (Å²) >= 11 is 0. The molecule has 0 atom stereocenters. The van der Waals surface area contributed by atoms with Crippen LogP contribution in [0.1, 0.15) is 38.1 Å². The van der Waals surface area contributed by atoms with E-state index in [0.717, 1.165) is 0 Å². The van der Waals surface area contributed by atoms with E-state index in [1.807, 2.05) is 0 Å². The Morgan fingerprint density at radius 1 is 1.23 bits per heavy atom. The van der Waals surface area contributed by atoms with Gasteiger partial charge in [-0.3, -0.25) is 19.7 Å². The number of ether oxygens (including phenoxy) is 1. The summed E-state index contributed by atoms with van der Waals surface area (Å²) < 4.78 is 4.88. The number of hydrogen-bond acceptors (Lipinski definition) is 5. The van der Waals surface area contributed by atoms with Crippen molar-refractivity contribution in [2.45, 2.75) is 33.2 Å². The molecule has 1 aromatic carbocycles. The lowest BCUT2D eigenvalue weighted by atomic mass is 10.0. The van der Waals surface area contributed by atoms with Gasteiger partial charge in [0, 0.05) is 23.2 Å². The molecule has 0 spiro atoms. The Morgan fingerprint density at radius 2 is 1.77 bits per heavy atom. The quantitative estimate of drug-likeness (QED) is 0.473. The summed E-state index contributed by atoms with van der Waals surface area (Å²) in [6, 6.07) is 5.28. The van der Waals surface area contributed by atoms with Crippen LogP contribution < -0.4 is 0 Å². The minimum Gasteiger partial charge on any atom is -0.465 e. The SMILES string of the molecule is CCOC(=O)CN(C(=O)c1ccc([N+](=O)[O-])cc1)C(C)(C)C. The molecule has 0 radical (unpaired) electrons. The Bertz CT molecular complexity index is 560. The van der Waals surface area contributed by atoms with Crippen LogP contribution in [0.5, 0.6) is 0 Å². The molecule has 0 bridgehead atoms. The van der Waals surface area contributed by atoms with Crippen molar-refractivity contribution >= 4 is 17.6 Å². The van der Waals surface area contributed by atoms with E-state index in [2.05, 4.69) is 0 Å². The molecule has 0 aliphatic heterocycles. The highest BCUT2D eigenvalue weighted by atomic mass is 16.6. The molecular formula is C15H20N2O5. The number of esters is 1. The zero-order valence-electron chi connectivity index (χ0n) is 13.2. The van der Waals surface area contributed by atoms with Crippen molar-refractivity contribution < 1.29 is 19.2 Å². The number of nitro benzene ring substituents is 1. The van der Waals surface area contributed by atoms with Crippen LogP contribution in [0.15, 0.2) is 24.3 Å². The summed E-state index contributed by atoms with van der Waals surface area (Å²) in [5.41, 5.74) is -0.403. The fourth-order valence-electron chi connectivity index (χ4n) is 1.83. The van der Waals surface area contributed by atoms with E-state index in [1.165, 1.54) is 29.2 Å². The molecule has 0 saturated heterocycles. The summed E-state index contributed by atoms with van der Waals surface area (Å²) in [6.07, 6.45) is 0. The highest BCUT2D eigenvalue weighted by Gasteiger charge is 2.30. The predicted octanol–water partition coefficient (Wildman–Crippen LogP) is 2.40. The van der Waals surface area contributed by atoms with E-state index in [1.54, 1.807) is 27.7 Å². The van der Waals surface area contributed by atoms with Crippen molar-refractivity contribution in [1.82, 2.24) is 4.90 Å². The first kappa shape index (κ1) is 17.6. The van der Waals surface area contributed by atoms with Crippen LogP contribution >= 0.6 is 0 Å². The molecule has 0 aromatic heterocycles. The highest BCUT2D eigenvalue weighted by Crippen LogP contribution is 2.19. The minimum atomic E-state index is -0.592. The molecular weight excluding hydrogens is 288 g/mol. The van der Waals surface area contributed by atoms with Gasteiger partial charge in [0.2, 0.25) is 0 Å². The molecule has 7 nitrogen and oxygen atoms in total. The molecule has 0 heterocycles. The zero-order chi connectivity index (χ0) is 16.9. The molecule has 7 heteroatoms. The summed E-state index contributed by atoms with van der Waals surface area (Å²) in [6.45, 7) is 7.16. The van der Waals surface area contributed by atoms with E-state index in [9.17, 15) is 19.7 Å². The lowest BCUT2D eigenvalue weighted by Gasteiger charge is -2.34. The number of hydrogen-bond donors (Lipinski definition) is 0. The van der Waals surface area contributed by atoms with Crippen LogP contribution in [0.2, 0.25) is 0 Å². The second-order valence-corrected chi connectivity index (χ2v) is 5.67. The minimum absolute atomic E-state index is 0.0933. The third-order valence-corrected chi connectivity index (χ3v) is 2.97. The van der Waals surface area contributed by atoms with Crippen LogP contribution in [-0.4, -0.2) is 40.4 Å². The predicted molar refractivity (Wildman–Crippen MR) is 80.5 cm³/mol. The molecule has 1 aromatic rings. The van der Waals surface area contributed by atoms with E-state index >= 15 is 0 Å². The maximum absolute atomic E-state index is 12.6. The molecule has 1 amide bonds. The van der Waals surface area contributed by atoms with Gasteiger partial charge in [-0.05, 0) is 39.8 Å². The number of carbonyl (C=O) groups is 2. The molecule has 0 unspecified atom stereocenters. The topological polar surface area (TPSA) is 89.8 Å². The van der Waals surface area contributed by atoms with Crippen molar-refractivity contribution in [3.05, 3.63) is 39.9 Å². The van der Waals surface area contributed by atoms with Crippen LogP contribution in [0.3, 0.4) is 0 Å². The van der Waals surface area contributed by atoms with Gasteiger partial charge in [-0.2, -0.15) is 0 Å². The van der Waals surface area contributed by atoms with Gasteiger partial charge in [-0.25, -0.2) is 0 Å². The number of nitrogens with zero attached hydrogens (tertiary/aromatic N) is 2. The van der Waals surface area contributed by atoms with E-state index in [0.29, 0.717) is 0 Å². The van der Waals surface area contributed by atoms with Gasteiger partial charge in [0.1, 0.15) is 6.54 Å². The summed E-state index contributed by atoms with van der Waals surface area (Å²) in [5.74, 6) is -0.872. The van der Waals surface area contributed by atoms with E-state index in [-0.39, 0.29) is 30.3 Å². The summed E-state index contributed by atoms with van der Waals surface area (Å²) in [4.78, 5) is 35.7. The molecule has 0 saturated carbocycles. The number of carbonyl (C=O) groups excluding carboxylic acids is 2. The van der Waals surface area contributed by atoms with Gasteiger partial charge in [0.25, 0.3) is 11.6 Å². The fraction of sp³-hybridized carbons (Fsp3) is 0.467. The molecule has 22 heavy (non-hydrogen) atoms. The summed E-state index contributed by atoms with van der Waals surface area (Å²) in [7, 11) is 0. The molecule has 0 N–H and O–H groups in total. The normalized spacial score (nSPS) is 10.9. The van der Waals surface area contributed by atoms with E-state index < -0.39 is 16.4 Å². The standard InChI is InChI=1S/C15H20N2O5/c1-5-22-13(18)10-16(15(2,3)4)14(19)11-6-8-12(9-7-11)17(20)21/h6-9H,5,10H2,1-4H3. The van der Waals surface area contributed by atoms with Gasteiger partial charge >= 0.3 is 5.97 Å². The average molecular weight is 308 g/mol. The highest BCUT2D eigenvalue weighted by molar-refractivity contribution is 5.96. The first-order valence-corrected chi connectivity index (χ1v) is 6.89. The first-order chi connectivity index (χ1) is 10.2. The number of rotatable bonds is 5. The van der Waals surface area contributed by atoms with Crippen LogP contribution in [0, 0.1) is 10.1 Å². The van der Waals surface area contributed by atoms with Crippen molar-refractivity contribution in [2.75, 3.05) is 13.2 Å². The van der Waals surface area contributed by atoms with Gasteiger partial charge in [0.05, 0.1) is 11.5 Å². The number of nitro groups is 1. The van der Waals surface area contributed by atoms with E-state index in [4.69, 9.17) is 4.74 Å². The van der Waals surface area contributed by atoms with Crippen LogP contribution in [-0.2, 0) is 9.53 Å². The molecule has 120 valence electrons. The monoisotopic (exact) mass is 308 g/mol.